The third-order valence-electron chi connectivity index (χ3n) is 5.08. The average molecular weight is 448 g/mol. The van der Waals surface area contributed by atoms with Crippen molar-refractivity contribution in [3.8, 4) is 0 Å². The first-order valence-electron chi connectivity index (χ1n) is 9.07. The average Bonchev–Trinajstić information content (AvgIpc) is 2.54. The van der Waals surface area contributed by atoms with Crippen molar-refractivity contribution >= 4 is 0 Å². The second-order valence-corrected chi connectivity index (χ2v) is 7.51. The lowest BCUT2D eigenvalue weighted by Gasteiger charge is -2.38. The van der Waals surface area contributed by atoms with E-state index in [4.69, 9.17) is 0 Å². The van der Waals surface area contributed by atoms with Crippen molar-refractivity contribution in [1.29, 1.82) is 0 Å². The summed E-state index contributed by atoms with van der Waals surface area (Å²) in [6.07, 6.45) is -18.8. The van der Waals surface area contributed by atoms with Crippen LogP contribution in [0.1, 0.15) is 25.7 Å². The zero-order valence-corrected chi connectivity index (χ0v) is 15.3. The van der Waals surface area contributed by atoms with E-state index in [1.54, 1.807) is 0 Å². The smallest absolute Gasteiger partial charge is 0.353 e. The van der Waals surface area contributed by atoms with Crippen LogP contribution in [0, 0.1) is 0 Å². The van der Waals surface area contributed by atoms with Crippen molar-refractivity contribution in [1.82, 2.24) is 9.80 Å². The molecule has 0 aromatic heterocycles. The molecule has 0 saturated carbocycles. The Hall–Kier alpha value is -0.820. The molecule has 3 nitrogen and oxygen atoms in total. The Morgan fingerprint density at radius 3 is 1.14 bits per heavy atom. The topological polar surface area (TPSA) is 15.7 Å². The highest BCUT2D eigenvalue weighted by molar-refractivity contribution is 4.85. The van der Waals surface area contributed by atoms with Gasteiger partial charge in [-0.1, -0.05) is 0 Å². The number of hydrogen-bond acceptors (Lipinski definition) is 3. The first-order chi connectivity index (χ1) is 13.1. The molecular weight excluding hydrogens is 426 g/mol. The fourth-order valence-electron chi connectivity index (χ4n) is 3.24. The van der Waals surface area contributed by atoms with Crippen LogP contribution in [0.15, 0.2) is 0 Å². The van der Waals surface area contributed by atoms with Gasteiger partial charge in [0, 0.05) is 65.0 Å². The van der Waals surface area contributed by atoms with E-state index in [1.165, 1.54) is 0 Å². The molecule has 2 rings (SSSR count). The molecule has 0 radical (unpaired) electrons. The van der Waals surface area contributed by atoms with E-state index in [2.05, 4.69) is 4.74 Å². The highest BCUT2D eigenvalue weighted by Gasteiger charge is 2.50. The fraction of sp³-hybridized carbons (Fsp3) is 1.00. The van der Waals surface area contributed by atoms with Crippen LogP contribution in [0.25, 0.3) is 0 Å². The van der Waals surface area contributed by atoms with Crippen LogP contribution < -0.4 is 0 Å². The SMILES string of the molecule is FC1(F)CCN(C[C@H](O[C@@H](CN2CCC(F)(F)CC2)C(F)(F)F)C(F)(F)F)CC1. The number of hydrogen-bond donors (Lipinski definition) is 0. The van der Waals surface area contributed by atoms with Gasteiger partial charge in [0.2, 0.25) is 0 Å². The molecule has 0 aromatic carbocycles. The Bertz CT molecular complexity index is 471. The number of likely N-dealkylation sites (tertiary alicyclic amines) is 2. The zero-order valence-electron chi connectivity index (χ0n) is 15.3. The Kier molecular flexibility index (Phi) is 7.36. The maximum Gasteiger partial charge on any atom is 0.415 e. The standard InChI is InChI=1S/C16H22F10N2O/c17-13(18)1-5-27(6-2-13)9-11(15(21,22)23)29-12(16(24,25)26)10-28-7-3-14(19,20)4-8-28/h11-12H,1-10H2/t11-,12-/m0/s1. The molecule has 0 N–H and O–H groups in total. The molecule has 0 amide bonds. The van der Waals surface area contributed by atoms with Crippen molar-refractivity contribution in [2.24, 2.45) is 0 Å². The predicted molar refractivity (Wildman–Crippen MR) is 82.0 cm³/mol. The van der Waals surface area contributed by atoms with E-state index in [0.29, 0.717) is 0 Å². The first-order valence-corrected chi connectivity index (χ1v) is 9.07. The summed E-state index contributed by atoms with van der Waals surface area (Å²) in [4.78, 5) is 1.98. The third-order valence-corrected chi connectivity index (χ3v) is 5.08. The first kappa shape index (κ1) is 24.4. The van der Waals surface area contributed by atoms with Gasteiger partial charge in [-0.2, -0.15) is 26.3 Å². The van der Waals surface area contributed by atoms with Gasteiger partial charge in [-0.15, -0.1) is 0 Å². The Morgan fingerprint density at radius 2 is 0.897 bits per heavy atom. The van der Waals surface area contributed by atoms with Gasteiger partial charge < -0.3 is 4.74 Å². The van der Waals surface area contributed by atoms with Gasteiger partial charge in [0.05, 0.1) is 0 Å². The van der Waals surface area contributed by atoms with E-state index in [-0.39, 0.29) is 0 Å². The lowest BCUT2D eigenvalue weighted by Crippen LogP contribution is -2.53. The predicted octanol–water partition coefficient (Wildman–Crippen LogP) is 4.33. The highest BCUT2D eigenvalue weighted by Crippen LogP contribution is 2.34. The molecule has 172 valence electrons. The number of piperidine rings is 2. The van der Waals surface area contributed by atoms with E-state index in [0.717, 1.165) is 9.80 Å². The van der Waals surface area contributed by atoms with E-state index >= 15 is 0 Å². The van der Waals surface area contributed by atoms with Gasteiger partial charge in [0.15, 0.2) is 12.2 Å². The van der Waals surface area contributed by atoms with E-state index in [1.807, 2.05) is 0 Å². The van der Waals surface area contributed by atoms with Gasteiger partial charge in [-0.25, -0.2) is 17.6 Å². The fourth-order valence-corrected chi connectivity index (χ4v) is 3.24. The summed E-state index contributed by atoms with van der Waals surface area (Å²) < 4.78 is 137. The molecule has 29 heavy (non-hydrogen) atoms. The molecular formula is C16H22F10N2O. The quantitative estimate of drug-likeness (QED) is 0.563. The maximum atomic E-state index is 13.3. The molecule has 2 saturated heterocycles. The second kappa shape index (κ2) is 8.74. The van der Waals surface area contributed by atoms with Gasteiger partial charge in [0.1, 0.15) is 0 Å². The van der Waals surface area contributed by atoms with Gasteiger partial charge >= 0.3 is 12.4 Å². The maximum absolute atomic E-state index is 13.3. The molecule has 0 spiro atoms. The lowest BCUT2D eigenvalue weighted by atomic mass is 10.1. The summed E-state index contributed by atoms with van der Waals surface area (Å²) in [5, 5.41) is 0. The van der Waals surface area contributed by atoms with Gasteiger partial charge in [-0.3, -0.25) is 9.80 Å². The van der Waals surface area contributed by atoms with Crippen molar-refractivity contribution in [3.63, 3.8) is 0 Å². The van der Waals surface area contributed by atoms with Crippen LogP contribution in [-0.2, 0) is 4.74 Å². The minimum atomic E-state index is -5.15. The van der Waals surface area contributed by atoms with Gasteiger partial charge in [-0.05, 0) is 0 Å². The zero-order chi connectivity index (χ0) is 22.1. The number of halogens is 10. The molecule has 2 aliphatic heterocycles. The Morgan fingerprint density at radius 1 is 0.621 bits per heavy atom. The van der Waals surface area contributed by atoms with E-state index in [9.17, 15) is 43.9 Å². The third kappa shape index (κ3) is 7.74. The van der Waals surface area contributed by atoms with Crippen LogP contribution in [0.5, 0.6) is 0 Å². The van der Waals surface area contributed by atoms with Crippen molar-refractivity contribution in [3.05, 3.63) is 0 Å². The van der Waals surface area contributed by atoms with Crippen LogP contribution in [0.4, 0.5) is 43.9 Å². The molecule has 13 heteroatoms. The highest BCUT2D eigenvalue weighted by atomic mass is 19.4. The molecule has 2 atom stereocenters. The van der Waals surface area contributed by atoms with Crippen molar-refractivity contribution < 1.29 is 48.6 Å². The Labute approximate surface area is 160 Å². The van der Waals surface area contributed by atoms with Crippen LogP contribution >= 0.6 is 0 Å². The summed E-state index contributed by atoms with van der Waals surface area (Å²) in [5.74, 6) is -6.04. The normalized spacial score (nSPS) is 26.3. The van der Waals surface area contributed by atoms with Crippen LogP contribution in [0.2, 0.25) is 0 Å². The molecule has 0 unspecified atom stereocenters. The molecule has 2 fully saturated rings. The monoisotopic (exact) mass is 448 g/mol. The summed E-state index contributed by atoms with van der Waals surface area (Å²) in [6.45, 7) is -3.63. The molecule has 2 heterocycles. The minimum Gasteiger partial charge on any atom is -0.353 e. The number of nitrogens with zero attached hydrogens (tertiary/aromatic N) is 2. The Balaban J connectivity index is 2.03. The van der Waals surface area contributed by atoms with Crippen molar-refractivity contribution in [2.45, 2.75) is 62.1 Å². The lowest BCUT2D eigenvalue weighted by molar-refractivity contribution is -0.291. The summed E-state index contributed by atoms with van der Waals surface area (Å²) in [7, 11) is 0. The summed E-state index contributed by atoms with van der Waals surface area (Å²) >= 11 is 0. The van der Waals surface area contributed by atoms with Gasteiger partial charge in [0.25, 0.3) is 11.8 Å². The van der Waals surface area contributed by atoms with Crippen LogP contribution in [-0.4, -0.2) is 85.5 Å². The van der Waals surface area contributed by atoms with Crippen LogP contribution in [0.3, 0.4) is 0 Å². The summed E-state index contributed by atoms with van der Waals surface area (Å²) in [5.41, 5.74) is 0. The molecule has 2 aliphatic rings. The second-order valence-electron chi connectivity index (χ2n) is 7.51. The molecule has 0 aromatic rings. The minimum absolute atomic E-state index is 0.402. The van der Waals surface area contributed by atoms with E-state index < -0.39 is 101 Å². The largest absolute Gasteiger partial charge is 0.415 e. The summed E-state index contributed by atoms with van der Waals surface area (Å²) in [6, 6.07) is 0. The number of alkyl halides is 10. The number of rotatable bonds is 6. The van der Waals surface area contributed by atoms with Crippen molar-refractivity contribution in [2.75, 3.05) is 39.3 Å². The number of ether oxygens (including phenoxy) is 1. The molecule has 0 bridgehead atoms. The molecule has 0 aliphatic carbocycles.